The second kappa shape index (κ2) is 8.54. The van der Waals surface area contributed by atoms with E-state index in [1.165, 1.54) is 12.5 Å². The predicted molar refractivity (Wildman–Crippen MR) is 109 cm³/mol. The predicted octanol–water partition coefficient (Wildman–Crippen LogP) is 6.04. The molecule has 0 fully saturated rings. The molecule has 0 aliphatic carbocycles. The molecule has 1 unspecified atom stereocenters. The summed E-state index contributed by atoms with van der Waals surface area (Å²) in [6.07, 6.45) is -0.252. The molecule has 0 aliphatic heterocycles. The highest BCUT2D eigenvalue weighted by Crippen LogP contribution is 2.33. The van der Waals surface area contributed by atoms with Gasteiger partial charge < -0.3 is 9.47 Å². The van der Waals surface area contributed by atoms with Crippen molar-refractivity contribution >= 4 is 5.97 Å². The molecule has 3 aromatic rings. The van der Waals surface area contributed by atoms with E-state index in [0.717, 1.165) is 28.0 Å². The van der Waals surface area contributed by atoms with Gasteiger partial charge in [0.1, 0.15) is 11.9 Å². The van der Waals surface area contributed by atoms with Crippen molar-refractivity contribution in [3.05, 3.63) is 78.4 Å². The Morgan fingerprint density at radius 2 is 1.37 bits per heavy atom. The van der Waals surface area contributed by atoms with E-state index in [2.05, 4.69) is 36.4 Å². The monoisotopic (exact) mass is 360 g/mol. The summed E-state index contributed by atoms with van der Waals surface area (Å²) in [5.41, 5.74) is 5.58. The lowest BCUT2D eigenvalue weighted by Gasteiger charge is -2.14. The number of hydrogen-bond acceptors (Lipinski definition) is 3. The quantitative estimate of drug-likeness (QED) is 0.502. The van der Waals surface area contributed by atoms with E-state index < -0.39 is 0 Å². The molecule has 0 bridgehead atoms. The van der Waals surface area contributed by atoms with Crippen LogP contribution in [0.2, 0.25) is 0 Å². The van der Waals surface area contributed by atoms with Crippen LogP contribution in [0, 0.1) is 0 Å². The van der Waals surface area contributed by atoms with Gasteiger partial charge in [-0.3, -0.25) is 4.79 Å². The largest absolute Gasteiger partial charge is 0.494 e. The molecule has 3 nitrogen and oxygen atoms in total. The topological polar surface area (TPSA) is 35.5 Å². The summed E-state index contributed by atoms with van der Waals surface area (Å²) in [5.74, 6) is 0.606. The van der Waals surface area contributed by atoms with Crippen LogP contribution in [0.1, 0.15) is 32.4 Å². The van der Waals surface area contributed by atoms with Crippen LogP contribution < -0.4 is 4.74 Å². The van der Waals surface area contributed by atoms with Crippen molar-refractivity contribution in [3.8, 4) is 28.0 Å². The number of hydrogen-bond donors (Lipinski definition) is 0. The van der Waals surface area contributed by atoms with Gasteiger partial charge in [0.25, 0.3) is 0 Å². The van der Waals surface area contributed by atoms with Crippen LogP contribution in [0.4, 0.5) is 0 Å². The molecule has 0 saturated heterocycles. The zero-order chi connectivity index (χ0) is 19.2. The maximum atomic E-state index is 11.2. The number of benzene rings is 3. The molecule has 0 spiro atoms. The van der Waals surface area contributed by atoms with Crippen LogP contribution in [-0.2, 0) is 9.53 Å². The first-order valence-corrected chi connectivity index (χ1v) is 9.18. The van der Waals surface area contributed by atoms with E-state index in [9.17, 15) is 4.79 Å². The molecule has 3 rings (SSSR count). The Hall–Kier alpha value is -3.07. The van der Waals surface area contributed by atoms with Crippen LogP contribution >= 0.6 is 0 Å². The first-order valence-electron chi connectivity index (χ1n) is 9.18. The number of esters is 1. The summed E-state index contributed by atoms with van der Waals surface area (Å²) in [4.78, 5) is 11.2. The van der Waals surface area contributed by atoms with Gasteiger partial charge in [0.15, 0.2) is 0 Å². The maximum Gasteiger partial charge on any atom is 0.303 e. The summed E-state index contributed by atoms with van der Waals surface area (Å²) in [5, 5.41) is 0. The van der Waals surface area contributed by atoms with E-state index in [0.29, 0.717) is 6.61 Å². The van der Waals surface area contributed by atoms with Crippen molar-refractivity contribution in [2.24, 2.45) is 0 Å². The Morgan fingerprint density at radius 3 is 1.85 bits per heavy atom. The van der Waals surface area contributed by atoms with Crippen molar-refractivity contribution in [3.63, 3.8) is 0 Å². The number of carbonyl (C=O) groups excluding carboxylic acids is 1. The highest BCUT2D eigenvalue weighted by atomic mass is 16.5. The molecule has 3 heteroatoms. The van der Waals surface area contributed by atoms with Crippen LogP contribution in [-0.4, -0.2) is 12.6 Å². The fourth-order valence-electron chi connectivity index (χ4n) is 3.13. The van der Waals surface area contributed by atoms with Gasteiger partial charge in [-0.25, -0.2) is 0 Å². The Labute approximate surface area is 160 Å². The normalized spacial score (nSPS) is 11.7. The number of carbonyl (C=O) groups is 1. The van der Waals surface area contributed by atoms with Crippen molar-refractivity contribution < 1.29 is 14.3 Å². The SMILES string of the molecule is CCOc1ccc(-c2ccccc2-c2ccc(C(C)OC(C)=O)cc2)cc1. The Balaban J connectivity index is 1.90. The van der Waals surface area contributed by atoms with Gasteiger partial charge in [0.05, 0.1) is 6.61 Å². The van der Waals surface area contributed by atoms with E-state index in [-0.39, 0.29) is 12.1 Å². The third-order valence-electron chi connectivity index (χ3n) is 4.44. The second-order valence-corrected chi connectivity index (χ2v) is 6.38. The highest BCUT2D eigenvalue weighted by molar-refractivity contribution is 5.83. The van der Waals surface area contributed by atoms with E-state index in [1.807, 2.05) is 50.2 Å². The molecule has 0 aliphatic rings. The zero-order valence-corrected chi connectivity index (χ0v) is 15.9. The summed E-state index contributed by atoms with van der Waals surface area (Å²) in [6.45, 7) is 5.95. The van der Waals surface area contributed by atoms with Gasteiger partial charge in [-0.1, -0.05) is 60.7 Å². The number of ether oxygens (including phenoxy) is 2. The van der Waals surface area contributed by atoms with E-state index in [4.69, 9.17) is 9.47 Å². The molecular formula is C24H24O3. The molecule has 0 radical (unpaired) electrons. The molecule has 0 saturated carbocycles. The molecule has 27 heavy (non-hydrogen) atoms. The minimum Gasteiger partial charge on any atom is -0.494 e. The summed E-state index contributed by atoms with van der Waals surface area (Å²) in [7, 11) is 0. The Morgan fingerprint density at radius 1 is 0.852 bits per heavy atom. The van der Waals surface area contributed by atoms with Gasteiger partial charge in [-0.2, -0.15) is 0 Å². The molecule has 1 atom stereocenters. The summed E-state index contributed by atoms with van der Waals surface area (Å²) < 4.78 is 10.8. The first kappa shape index (κ1) is 18.7. The smallest absolute Gasteiger partial charge is 0.303 e. The lowest BCUT2D eigenvalue weighted by atomic mass is 9.94. The third kappa shape index (κ3) is 4.56. The van der Waals surface area contributed by atoms with Crippen LogP contribution in [0.5, 0.6) is 5.75 Å². The van der Waals surface area contributed by atoms with Gasteiger partial charge >= 0.3 is 5.97 Å². The average molecular weight is 360 g/mol. The standard InChI is InChI=1S/C24H24O3/c1-4-26-22-15-13-21(14-16-22)24-8-6-5-7-23(24)20-11-9-19(10-12-20)17(2)27-18(3)25/h5-17H,4H2,1-3H3. The molecule has 0 heterocycles. The molecule has 0 aromatic heterocycles. The molecular weight excluding hydrogens is 336 g/mol. The highest BCUT2D eigenvalue weighted by Gasteiger charge is 2.11. The van der Waals surface area contributed by atoms with Crippen molar-refractivity contribution in [1.29, 1.82) is 0 Å². The fourth-order valence-corrected chi connectivity index (χ4v) is 3.13. The minimum atomic E-state index is -0.271. The molecule has 0 amide bonds. The third-order valence-corrected chi connectivity index (χ3v) is 4.44. The molecule has 3 aromatic carbocycles. The van der Waals surface area contributed by atoms with E-state index in [1.54, 1.807) is 0 Å². The van der Waals surface area contributed by atoms with Crippen LogP contribution in [0.3, 0.4) is 0 Å². The second-order valence-electron chi connectivity index (χ2n) is 6.38. The van der Waals surface area contributed by atoms with Crippen molar-refractivity contribution in [2.45, 2.75) is 26.9 Å². The van der Waals surface area contributed by atoms with E-state index >= 15 is 0 Å². The van der Waals surface area contributed by atoms with Crippen molar-refractivity contribution in [1.82, 2.24) is 0 Å². The zero-order valence-electron chi connectivity index (χ0n) is 15.9. The summed E-state index contributed by atoms with van der Waals surface area (Å²) in [6, 6.07) is 24.7. The van der Waals surface area contributed by atoms with Crippen LogP contribution in [0.25, 0.3) is 22.3 Å². The Bertz CT molecular complexity index is 896. The Kier molecular flexibility index (Phi) is 5.92. The molecule has 138 valence electrons. The van der Waals surface area contributed by atoms with Gasteiger partial charge in [-0.05, 0) is 53.8 Å². The lowest BCUT2D eigenvalue weighted by molar-refractivity contribution is -0.145. The van der Waals surface area contributed by atoms with Crippen LogP contribution in [0.15, 0.2) is 72.8 Å². The average Bonchev–Trinajstić information content (AvgIpc) is 2.68. The van der Waals surface area contributed by atoms with Gasteiger partial charge in [-0.15, -0.1) is 0 Å². The van der Waals surface area contributed by atoms with Gasteiger partial charge in [0, 0.05) is 6.92 Å². The fraction of sp³-hybridized carbons (Fsp3) is 0.208. The summed E-state index contributed by atoms with van der Waals surface area (Å²) >= 11 is 0. The number of rotatable bonds is 6. The van der Waals surface area contributed by atoms with Gasteiger partial charge in [0.2, 0.25) is 0 Å². The minimum absolute atomic E-state index is 0.252. The molecule has 0 N–H and O–H groups in total. The van der Waals surface area contributed by atoms with Crippen molar-refractivity contribution in [2.75, 3.05) is 6.61 Å². The maximum absolute atomic E-state index is 11.2. The lowest BCUT2D eigenvalue weighted by Crippen LogP contribution is -2.04. The first-order chi connectivity index (χ1) is 13.1.